The van der Waals surface area contributed by atoms with E-state index in [1.807, 2.05) is 18.2 Å². The van der Waals surface area contributed by atoms with Gasteiger partial charge in [0.05, 0.1) is 6.54 Å². The molecule has 1 N–H and O–H groups in total. The molecule has 24 heavy (non-hydrogen) atoms. The molecule has 5 heteroatoms. The molecule has 3 aliphatic rings. The Morgan fingerprint density at radius 3 is 2.88 bits per heavy atom. The van der Waals surface area contributed by atoms with E-state index < -0.39 is 0 Å². The lowest BCUT2D eigenvalue weighted by Gasteiger charge is -2.41. The first-order valence-electron chi connectivity index (χ1n) is 9.15. The zero-order valence-electron chi connectivity index (χ0n) is 14.1. The second-order valence-corrected chi connectivity index (χ2v) is 7.29. The first-order valence-corrected chi connectivity index (χ1v) is 9.15. The Balaban J connectivity index is 1.25. The summed E-state index contributed by atoms with van der Waals surface area (Å²) in [6.45, 7) is 3.51. The largest absolute Gasteiger partial charge is 0.454 e. The van der Waals surface area contributed by atoms with Gasteiger partial charge >= 0.3 is 0 Å². The smallest absolute Gasteiger partial charge is 0.234 e. The molecule has 0 bridgehead atoms. The van der Waals surface area contributed by atoms with Crippen LogP contribution in [0.1, 0.15) is 37.7 Å². The number of hydrogen-bond donors (Lipinski definition) is 1. The molecule has 1 aromatic rings. The molecule has 1 saturated heterocycles. The summed E-state index contributed by atoms with van der Waals surface area (Å²) in [5.41, 5.74) is 1.04. The Labute approximate surface area is 143 Å². The number of likely N-dealkylation sites (tertiary alicyclic amines) is 1. The van der Waals surface area contributed by atoms with E-state index in [-0.39, 0.29) is 12.7 Å². The van der Waals surface area contributed by atoms with Gasteiger partial charge in [0, 0.05) is 13.1 Å². The van der Waals surface area contributed by atoms with Crippen LogP contribution < -0.4 is 14.8 Å². The normalized spacial score (nSPS) is 26.0. The average molecular weight is 330 g/mol. The molecule has 4 rings (SSSR count). The molecule has 0 radical (unpaired) electrons. The van der Waals surface area contributed by atoms with Crippen molar-refractivity contribution in [2.24, 2.45) is 11.8 Å². The highest BCUT2D eigenvalue weighted by Crippen LogP contribution is 2.36. The van der Waals surface area contributed by atoms with Crippen molar-refractivity contribution < 1.29 is 14.3 Å². The summed E-state index contributed by atoms with van der Waals surface area (Å²) in [7, 11) is 0. The van der Waals surface area contributed by atoms with Gasteiger partial charge in [0.15, 0.2) is 11.5 Å². The second-order valence-electron chi connectivity index (χ2n) is 7.29. The number of rotatable bonds is 4. The molecular weight excluding hydrogens is 304 g/mol. The van der Waals surface area contributed by atoms with Gasteiger partial charge in [0.2, 0.25) is 12.7 Å². The Morgan fingerprint density at radius 2 is 1.96 bits per heavy atom. The third-order valence-electron chi connectivity index (χ3n) is 5.67. The van der Waals surface area contributed by atoms with Crippen molar-refractivity contribution in [3.63, 3.8) is 0 Å². The zero-order chi connectivity index (χ0) is 16.4. The van der Waals surface area contributed by atoms with Gasteiger partial charge in [-0.3, -0.25) is 9.69 Å². The van der Waals surface area contributed by atoms with E-state index in [4.69, 9.17) is 9.47 Å². The van der Waals surface area contributed by atoms with Gasteiger partial charge in [0.25, 0.3) is 0 Å². The molecule has 0 aromatic heterocycles. The highest BCUT2D eigenvalue weighted by Gasteiger charge is 2.31. The van der Waals surface area contributed by atoms with E-state index in [0.717, 1.165) is 42.0 Å². The summed E-state index contributed by atoms with van der Waals surface area (Å²) < 4.78 is 10.7. The Morgan fingerprint density at radius 1 is 1.12 bits per heavy atom. The van der Waals surface area contributed by atoms with Crippen LogP contribution in [0.2, 0.25) is 0 Å². The third kappa shape index (κ3) is 3.51. The van der Waals surface area contributed by atoms with Gasteiger partial charge in [-0.25, -0.2) is 0 Å². The molecule has 1 aromatic carbocycles. The fourth-order valence-electron chi connectivity index (χ4n) is 4.33. The summed E-state index contributed by atoms with van der Waals surface area (Å²) in [6, 6.07) is 5.81. The SMILES string of the molecule is O=C(CN1CC[C@@H]2CCCC[C@@H]2C1)NCc1ccc2c(c1)OCO2. The maximum Gasteiger partial charge on any atom is 0.234 e. The van der Waals surface area contributed by atoms with Gasteiger partial charge < -0.3 is 14.8 Å². The minimum absolute atomic E-state index is 0.113. The van der Waals surface area contributed by atoms with E-state index in [9.17, 15) is 4.79 Å². The number of hydrogen-bond acceptors (Lipinski definition) is 4. The third-order valence-corrected chi connectivity index (χ3v) is 5.67. The molecule has 130 valence electrons. The van der Waals surface area contributed by atoms with Gasteiger partial charge in [-0.15, -0.1) is 0 Å². The van der Waals surface area contributed by atoms with Crippen LogP contribution in [-0.2, 0) is 11.3 Å². The van der Waals surface area contributed by atoms with Crippen LogP contribution in [0.5, 0.6) is 11.5 Å². The van der Waals surface area contributed by atoms with Crippen molar-refractivity contribution in [1.82, 2.24) is 10.2 Å². The number of carbonyl (C=O) groups excluding carboxylic acids is 1. The summed E-state index contributed by atoms with van der Waals surface area (Å²) in [4.78, 5) is 14.6. The molecule has 1 amide bonds. The number of benzene rings is 1. The number of piperidine rings is 1. The van der Waals surface area contributed by atoms with Crippen LogP contribution in [0.25, 0.3) is 0 Å². The first kappa shape index (κ1) is 15.8. The molecule has 2 aliphatic heterocycles. The average Bonchev–Trinajstić information content (AvgIpc) is 3.07. The van der Waals surface area contributed by atoms with E-state index in [1.165, 1.54) is 32.1 Å². The van der Waals surface area contributed by atoms with Crippen molar-refractivity contribution in [2.75, 3.05) is 26.4 Å². The molecule has 2 fully saturated rings. The van der Waals surface area contributed by atoms with Crippen molar-refractivity contribution >= 4 is 5.91 Å². The lowest BCUT2D eigenvalue weighted by molar-refractivity contribution is -0.123. The van der Waals surface area contributed by atoms with Crippen molar-refractivity contribution in [1.29, 1.82) is 0 Å². The number of nitrogens with zero attached hydrogens (tertiary/aromatic N) is 1. The molecule has 2 heterocycles. The van der Waals surface area contributed by atoms with Crippen LogP contribution in [0, 0.1) is 11.8 Å². The van der Waals surface area contributed by atoms with Crippen LogP contribution >= 0.6 is 0 Å². The molecular formula is C19H26N2O3. The van der Waals surface area contributed by atoms with Crippen molar-refractivity contribution in [2.45, 2.75) is 38.6 Å². The summed E-state index contributed by atoms with van der Waals surface area (Å²) in [6.07, 6.45) is 6.78. The maximum absolute atomic E-state index is 12.3. The van der Waals surface area contributed by atoms with E-state index in [1.54, 1.807) is 0 Å². The summed E-state index contributed by atoms with van der Waals surface area (Å²) in [5.74, 6) is 3.38. The van der Waals surface area contributed by atoms with Gasteiger partial charge in [-0.2, -0.15) is 0 Å². The number of ether oxygens (including phenoxy) is 2. The molecule has 1 saturated carbocycles. The Hall–Kier alpha value is -1.75. The molecule has 5 nitrogen and oxygen atoms in total. The van der Waals surface area contributed by atoms with Gasteiger partial charge in [-0.1, -0.05) is 25.3 Å². The molecule has 0 spiro atoms. The molecule has 0 unspecified atom stereocenters. The molecule has 2 atom stereocenters. The molecule has 1 aliphatic carbocycles. The van der Waals surface area contributed by atoms with Crippen molar-refractivity contribution in [3.05, 3.63) is 23.8 Å². The van der Waals surface area contributed by atoms with Crippen molar-refractivity contribution in [3.8, 4) is 11.5 Å². The monoisotopic (exact) mass is 330 g/mol. The first-order chi connectivity index (χ1) is 11.8. The number of carbonyl (C=O) groups is 1. The van der Waals surface area contributed by atoms with Gasteiger partial charge in [-0.05, 0) is 48.9 Å². The number of fused-ring (bicyclic) bond motifs is 2. The van der Waals surface area contributed by atoms with E-state index in [0.29, 0.717) is 13.1 Å². The van der Waals surface area contributed by atoms with Gasteiger partial charge in [0.1, 0.15) is 0 Å². The minimum atomic E-state index is 0.113. The highest BCUT2D eigenvalue weighted by atomic mass is 16.7. The standard InChI is InChI=1S/C19H26N2O3/c22-19(12-21-8-7-15-3-1-2-4-16(15)11-21)20-10-14-5-6-17-18(9-14)24-13-23-17/h5-6,9,15-16H,1-4,7-8,10-13H2,(H,20,22)/t15-,16+/m0/s1. The summed E-state index contributed by atoms with van der Waals surface area (Å²) in [5, 5.41) is 3.03. The minimum Gasteiger partial charge on any atom is -0.454 e. The fourth-order valence-corrected chi connectivity index (χ4v) is 4.33. The van der Waals surface area contributed by atoms with Crippen LogP contribution in [0.3, 0.4) is 0 Å². The zero-order valence-corrected chi connectivity index (χ0v) is 14.1. The number of amides is 1. The predicted octanol–water partition coefficient (Wildman–Crippen LogP) is 2.54. The second kappa shape index (κ2) is 7.01. The maximum atomic E-state index is 12.3. The Kier molecular flexibility index (Phi) is 4.60. The Bertz CT molecular complexity index is 604. The van der Waals surface area contributed by atoms with Crippen LogP contribution in [-0.4, -0.2) is 37.2 Å². The quantitative estimate of drug-likeness (QED) is 0.922. The van der Waals surface area contributed by atoms with Crippen LogP contribution in [0.4, 0.5) is 0 Å². The predicted molar refractivity (Wildman–Crippen MR) is 90.9 cm³/mol. The fraction of sp³-hybridized carbons (Fsp3) is 0.632. The van der Waals surface area contributed by atoms with Crippen LogP contribution in [0.15, 0.2) is 18.2 Å². The lowest BCUT2D eigenvalue weighted by atomic mass is 9.75. The highest BCUT2D eigenvalue weighted by molar-refractivity contribution is 5.78. The summed E-state index contributed by atoms with van der Waals surface area (Å²) >= 11 is 0. The van der Waals surface area contributed by atoms with E-state index in [2.05, 4.69) is 10.2 Å². The topological polar surface area (TPSA) is 50.8 Å². The number of nitrogens with one attached hydrogen (secondary N) is 1. The lowest BCUT2D eigenvalue weighted by Crippen LogP contribution is -2.46. The van der Waals surface area contributed by atoms with E-state index >= 15 is 0 Å².